The summed E-state index contributed by atoms with van der Waals surface area (Å²) in [4.78, 5) is 33.0. The normalized spacial score (nSPS) is 17.3. The van der Waals surface area contributed by atoms with Crippen molar-refractivity contribution in [1.82, 2.24) is 14.8 Å². The minimum atomic E-state index is -0.296. The van der Waals surface area contributed by atoms with Gasteiger partial charge in [0.1, 0.15) is 0 Å². The van der Waals surface area contributed by atoms with E-state index in [1.165, 1.54) is 4.90 Å². The van der Waals surface area contributed by atoms with E-state index >= 15 is 0 Å². The molecule has 1 aromatic heterocycles. The number of hydrogen-bond acceptors (Lipinski definition) is 5. The Morgan fingerprint density at radius 1 is 1.26 bits per heavy atom. The molecule has 2 heterocycles. The number of carbonyl (C=O) groups excluding carboxylic acids is 2. The van der Waals surface area contributed by atoms with Gasteiger partial charge in [0.15, 0.2) is 0 Å². The maximum Gasteiger partial charge on any atom is 0.243 e. The van der Waals surface area contributed by atoms with Crippen LogP contribution in [-0.2, 0) is 27.4 Å². The van der Waals surface area contributed by atoms with Crippen LogP contribution >= 0.6 is 0 Å². The molecule has 1 saturated heterocycles. The van der Waals surface area contributed by atoms with Gasteiger partial charge in [0, 0.05) is 38.2 Å². The summed E-state index contributed by atoms with van der Waals surface area (Å²) in [5.41, 5.74) is 2.97. The minimum Gasteiger partial charge on any atom is -0.372 e. The first-order valence-corrected chi connectivity index (χ1v) is 10.8. The fraction of sp³-hybridized carbons (Fsp3) is 0.458. The number of pyridine rings is 1. The molecule has 1 N–H and O–H groups in total. The zero-order chi connectivity index (χ0) is 22.2. The number of ether oxygens (including phenoxy) is 1. The Morgan fingerprint density at radius 2 is 2.00 bits per heavy atom. The highest BCUT2D eigenvalue weighted by Crippen LogP contribution is 2.19. The maximum atomic E-state index is 12.9. The largest absolute Gasteiger partial charge is 0.372 e. The fourth-order valence-corrected chi connectivity index (χ4v) is 3.84. The smallest absolute Gasteiger partial charge is 0.243 e. The third kappa shape index (κ3) is 6.35. The topological polar surface area (TPSA) is 74.8 Å². The molecular weight excluding hydrogens is 392 g/mol. The lowest BCUT2D eigenvalue weighted by molar-refractivity contribution is -0.137. The second-order valence-corrected chi connectivity index (χ2v) is 8.00. The van der Waals surface area contributed by atoms with Crippen molar-refractivity contribution in [3.63, 3.8) is 0 Å². The second-order valence-electron chi connectivity index (χ2n) is 8.00. The first-order valence-electron chi connectivity index (χ1n) is 10.8. The molecule has 166 valence electrons. The van der Waals surface area contributed by atoms with Crippen molar-refractivity contribution in [2.24, 2.45) is 0 Å². The van der Waals surface area contributed by atoms with Crippen LogP contribution in [0.2, 0.25) is 0 Å². The molecule has 0 saturated carbocycles. The summed E-state index contributed by atoms with van der Waals surface area (Å²) in [5, 5.41) is 2.92. The van der Waals surface area contributed by atoms with Gasteiger partial charge >= 0.3 is 0 Å². The molecular formula is C24H32N4O3. The predicted octanol–water partition coefficient (Wildman–Crippen LogP) is 2.72. The van der Waals surface area contributed by atoms with E-state index in [1.54, 1.807) is 19.4 Å². The van der Waals surface area contributed by atoms with Crippen LogP contribution in [0, 0.1) is 0 Å². The van der Waals surface area contributed by atoms with Gasteiger partial charge in [-0.15, -0.1) is 0 Å². The number of likely N-dealkylation sites (tertiary alicyclic amines) is 1. The van der Waals surface area contributed by atoms with Gasteiger partial charge in [0.2, 0.25) is 11.8 Å². The number of amides is 2. The van der Waals surface area contributed by atoms with E-state index < -0.39 is 0 Å². The van der Waals surface area contributed by atoms with Crippen LogP contribution in [0.5, 0.6) is 0 Å². The summed E-state index contributed by atoms with van der Waals surface area (Å²) in [5.74, 6) is -0.252. The monoisotopic (exact) mass is 424 g/mol. The number of benzene rings is 1. The van der Waals surface area contributed by atoms with E-state index in [2.05, 4.69) is 15.2 Å². The summed E-state index contributed by atoms with van der Waals surface area (Å²) in [7, 11) is 1.68. The Bertz CT molecular complexity index is 874. The van der Waals surface area contributed by atoms with Crippen LogP contribution < -0.4 is 5.32 Å². The fourth-order valence-electron chi connectivity index (χ4n) is 3.84. The molecule has 1 aromatic carbocycles. The van der Waals surface area contributed by atoms with Gasteiger partial charge in [-0.1, -0.05) is 25.1 Å². The molecule has 0 spiro atoms. The number of likely N-dealkylation sites (N-methyl/N-ethyl adjacent to an activating group) is 1. The van der Waals surface area contributed by atoms with E-state index in [9.17, 15) is 9.59 Å². The molecule has 1 fully saturated rings. The van der Waals surface area contributed by atoms with Crippen molar-refractivity contribution in [2.75, 3.05) is 32.0 Å². The molecule has 1 aliphatic heterocycles. The molecule has 2 amide bonds. The zero-order valence-electron chi connectivity index (χ0n) is 18.6. The summed E-state index contributed by atoms with van der Waals surface area (Å²) in [6.45, 7) is 6.03. The van der Waals surface area contributed by atoms with Crippen LogP contribution in [0.15, 0.2) is 48.8 Å². The highest BCUT2D eigenvalue weighted by atomic mass is 16.5. The third-order valence-corrected chi connectivity index (χ3v) is 5.75. The van der Waals surface area contributed by atoms with Crippen molar-refractivity contribution < 1.29 is 14.3 Å². The summed E-state index contributed by atoms with van der Waals surface area (Å²) in [6, 6.07) is 11.3. The average molecular weight is 425 g/mol. The molecule has 2 atom stereocenters. The second kappa shape index (κ2) is 11.0. The number of anilines is 1. The number of nitrogens with zero attached hydrogens (tertiary/aromatic N) is 3. The first-order chi connectivity index (χ1) is 15.0. The molecule has 0 radical (unpaired) electrons. The number of para-hydroxylation sites is 1. The van der Waals surface area contributed by atoms with Crippen molar-refractivity contribution in [3.05, 3.63) is 59.9 Å². The van der Waals surface area contributed by atoms with Gasteiger partial charge in [-0.2, -0.15) is 0 Å². The quantitative estimate of drug-likeness (QED) is 0.670. The zero-order valence-corrected chi connectivity index (χ0v) is 18.6. The number of aromatic nitrogens is 1. The van der Waals surface area contributed by atoms with Crippen LogP contribution in [-0.4, -0.2) is 65.4 Å². The number of aryl methyl sites for hydroxylation is 1. The van der Waals surface area contributed by atoms with E-state index in [0.717, 1.165) is 36.2 Å². The maximum absolute atomic E-state index is 12.9. The van der Waals surface area contributed by atoms with E-state index in [-0.39, 0.29) is 30.5 Å². The Labute approximate surface area is 184 Å². The molecule has 0 bridgehead atoms. The molecule has 3 rings (SSSR count). The van der Waals surface area contributed by atoms with Crippen molar-refractivity contribution in [1.29, 1.82) is 0 Å². The molecule has 2 aromatic rings. The molecule has 7 heteroatoms. The van der Waals surface area contributed by atoms with Gasteiger partial charge in [0.25, 0.3) is 0 Å². The SMILES string of the molecule is CCc1ccccc1NC(=O)CN(C)C(=O)[C@H](C)N1CC[C@@H](OCc2ccncc2)C1. The van der Waals surface area contributed by atoms with Crippen LogP contribution in [0.25, 0.3) is 0 Å². The van der Waals surface area contributed by atoms with Crippen molar-refractivity contribution in [2.45, 2.75) is 45.4 Å². The molecule has 0 unspecified atom stereocenters. The van der Waals surface area contributed by atoms with Crippen LogP contribution in [0.1, 0.15) is 31.4 Å². The van der Waals surface area contributed by atoms with Crippen LogP contribution in [0.4, 0.5) is 5.69 Å². The highest BCUT2D eigenvalue weighted by Gasteiger charge is 2.31. The van der Waals surface area contributed by atoms with Gasteiger partial charge in [0.05, 0.1) is 25.3 Å². The summed E-state index contributed by atoms with van der Waals surface area (Å²) < 4.78 is 6.00. The summed E-state index contributed by atoms with van der Waals surface area (Å²) >= 11 is 0. The Morgan fingerprint density at radius 3 is 2.74 bits per heavy atom. The number of carbonyl (C=O) groups is 2. The number of hydrogen-bond donors (Lipinski definition) is 1. The van der Waals surface area contributed by atoms with Gasteiger partial charge in [-0.05, 0) is 49.1 Å². The minimum absolute atomic E-state index is 0.0248. The lowest BCUT2D eigenvalue weighted by atomic mass is 10.1. The highest BCUT2D eigenvalue weighted by molar-refractivity contribution is 5.95. The first kappa shape index (κ1) is 22.9. The number of nitrogens with one attached hydrogen (secondary N) is 1. The number of rotatable bonds is 9. The van der Waals surface area contributed by atoms with Crippen LogP contribution in [0.3, 0.4) is 0 Å². The Hall–Kier alpha value is -2.77. The van der Waals surface area contributed by atoms with E-state index in [4.69, 9.17) is 4.74 Å². The lowest BCUT2D eigenvalue weighted by Gasteiger charge is -2.27. The van der Waals surface area contributed by atoms with Gasteiger partial charge < -0.3 is 15.0 Å². The lowest BCUT2D eigenvalue weighted by Crippen LogP contribution is -2.47. The standard InChI is InChI=1S/C24H32N4O3/c1-4-20-7-5-6-8-22(20)26-23(29)16-27(3)24(30)18(2)28-14-11-21(15-28)31-17-19-9-12-25-13-10-19/h5-10,12-13,18,21H,4,11,14-17H2,1-3H3,(H,26,29)/t18-,21+/m0/s1. The molecule has 7 nitrogen and oxygen atoms in total. The van der Waals surface area contributed by atoms with Crippen molar-refractivity contribution >= 4 is 17.5 Å². The molecule has 0 aliphatic carbocycles. The summed E-state index contributed by atoms with van der Waals surface area (Å²) in [6.07, 6.45) is 5.34. The van der Waals surface area contributed by atoms with E-state index in [1.807, 2.05) is 50.2 Å². The van der Waals surface area contributed by atoms with Crippen molar-refractivity contribution in [3.8, 4) is 0 Å². The van der Waals surface area contributed by atoms with Gasteiger partial charge in [-0.3, -0.25) is 19.5 Å². The van der Waals surface area contributed by atoms with E-state index in [0.29, 0.717) is 13.2 Å². The Kier molecular flexibility index (Phi) is 8.14. The van der Waals surface area contributed by atoms with Gasteiger partial charge in [-0.25, -0.2) is 0 Å². The molecule has 1 aliphatic rings. The third-order valence-electron chi connectivity index (χ3n) is 5.75. The Balaban J connectivity index is 1.46. The average Bonchev–Trinajstić information content (AvgIpc) is 3.26. The molecule has 31 heavy (non-hydrogen) atoms. The predicted molar refractivity (Wildman–Crippen MR) is 121 cm³/mol.